The average Bonchev–Trinajstić information content (AvgIpc) is 1.68. The molecule has 0 spiro atoms. The molecule has 0 amide bonds. The molecule has 10 rings (SSSR count). The summed E-state index contributed by atoms with van der Waals surface area (Å²) in [6.07, 6.45) is 19.1. The molecule has 470 valence electrons. The number of piperidine rings is 1. The van der Waals surface area contributed by atoms with Crippen molar-refractivity contribution in [1.29, 1.82) is 0 Å². The second-order valence-corrected chi connectivity index (χ2v) is 28.0. The third-order valence-electron chi connectivity index (χ3n) is 20.2. The lowest BCUT2D eigenvalue weighted by Gasteiger charge is -2.47. The minimum Gasteiger partial charge on any atom is -0.390 e. The number of anilines is 2. The Kier molecular flexibility index (Phi) is 21.8. The first kappa shape index (κ1) is 65.9. The maximum atomic E-state index is 14.5. The van der Waals surface area contributed by atoms with E-state index in [1.165, 1.54) is 57.8 Å². The molecule has 7 fully saturated rings. The van der Waals surface area contributed by atoms with Gasteiger partial charge in [0.1, 0.15) is 22.2 Å². The lowest BCUT2D eigenvalue weighted by Crippen LogP contribution is -2.57. The number of hydrogen-bond donors (Lipinski definition) is 3. The molecule has 7 aliphatic rings. The van der Waals surface area contributed by atoms with Crippen LogP contribution in [0, 0.1) is 23.2 Å². The molecular formula is C69H106B2F3N11O. The quantitative estimate of drug-likeness (QED) is 0.0408. The minimum absolute atomic E-state index is 0.0543. The van der Waals surface area contributed by atoms with Gasteiger partial charge in [-0.3, -0.25) is 14.8 Å². The Morgan fingerprint density at radius 1 is 0.837 bits per heavy atom. The zero-order valence-electron chi connectivity index (χ0n) is 53.9. The highest BCUT2D eigenvalue weighted by Crippen LogP contribution is 2.46. The number of nitrogens with zero attached hydrogens (tertiary/aromatic N) is 9. The van der Waals surface area contributed by atoms with Crippen molar-refractivity contribution < 1.29 is 18.3 Å². The number of hydrogen-bond acceptors (Lipinski definition) is 11. The van der Waals surface area contributed by atoms with Crippen molar-refractivity contribution >= 4 is 38.0 Å². The lowest BCUT2D eigenvalue weighted by atomic mass is 9.71. The van der Waals surface area contributed by atoms with E-state index in [0.29, 0.717) is 41.4 Å². The second kappa shape index (κ2) is 28.5. The molecule has 2 aromatic heterocycles. The van der Waals surface area contributed by atoms with Crippen LogP contribution in [-0.2, 0) is 13.0 Å². The number of fused-ring (bicyclic) bond motifs is 1. The molecule has 12 nitrogen and oxygen atoms in total. The number of rotatable bonds is 26. The van der Waals surface area contributed by atoms with Gasteiger partial charge in [0.15, 0.2) is 0 Å². The Morgan fingerprint density at radius 3 is 2.13 bits per heavy atom. The molecule has 4 unspecified atom stereocenters. The summed E-state index contributed by atoms with van der Waals surface area (Å²) >= 11 is 0. The van der Waals surface area contributed by atoms with E-state index >= 15 is 0 Å². The normalized spacial score (nSPS) is 21.5. The molecule has 1 aromatic carbocycles. The maximum absolute atomic E-state index is 14.5. The molecule has 3 aromatic rings. The van der Waals surface area contributed by atoms with Gasteiger partial charge < -0.3 is 39.6 Å². The Morgan fingerprint density at radius 2 is 1.52 bits per heavy atom. The molecule has 4 aliphatic heterocycles. The second-order valence-electron chi connectivity index (χ2n) is 28.0. The number of hydrazine groups is 1. The third kappa shape index (κ3) is 16.4. The first-order valence-electron chi connectivity index (χ1n) is 33.4. The van der Waals surface area contributed by atoms with Crippen LogP contribution >= 0.6 is 0 Å². The first-order chi connectivity index (χ1) is 40.9. The summed E-state index contributed by atoms with van der Waals surface area (Å²) in [7, 11) is 12.1. The molecule has 17 heteroatoms. The molecule has 4 saturated heterocycles. The summed E-state index contributed by atoms with van der Waals surface area (Å²) in [5, 5.41) is 17.6. The van der Waals surface area contributed by atoms with Crippen molar-refractivity contribution in [2.24, 2.45) is 23.2 Å². The number of aromatic nitrogens is 2. The fourth-order valence-corrected chi connectivity index (χ4v) is 15.1. The molecule has 86 heavy (non-hydrogen) atoms. The summed E-state index contributed by atoms with van der Waals surface area (Å²) in [6, 6.07) is 9.57. The van der Waals surface area contributed by atoms with Gasteiger partial charge in [0, 0.05) is 118 Å². The van der Waals surface area contributed by atoms with Crippen LogP contribution < -0.4 is 20.5 Å². The highest BCUT2D eigenvalue weighted by molar-refractivity contribution is 6.38. The van der Waals surface area contributed by atoms with Crippen molar-refractivity contribution in [3.8, 4) is 11.3 Å². The lowest BCUT2D eigenvalue weighted by molar-refractivity contribution is -0.139. The number of allylic oxidation sites excluding steroid dienone is 1. The van der Waals surface area contributed by atoms with Gasteiger partial charge in [-0.25, -0.2) is 5.43 Å². The van der Waals surface area contributed by atoms with Gasteiger partial charge in [-0.15, -0.1) is 6.58 Å². The summed E-state index contributed by atoms with van der Waals surface area (Å²) in [6.45, 7) is 43.0. The number of alkyl halides is 3. The zero-order chi connectivity index (χ0) is 61.7. The summed E-state index contributed by atoms with van der Waals surface area (Å²) < 4.78 is 45.1. The van der Waals surface area contributed by atoms with Gasteiger partial charge in [-0.1, -0.05) is 66.3 Å². The Balaban J connectivity index is 0.000000208. The van der Waals surface area contributed by atoms with Crippen molar-refractivity contribution in [3.05, 3.63) is 91.3 Å². The highest BCUT2D eigenvalue weighted by Gasteiger charge is 2.42. The topological polar surface area (TPSA) is 84.8 Å². The van der Waals surface area contributed by atoms with Crippen molar-refractivity contribution in [3.63, 3.8) is 0 Å². The molecule has 4 atom stereocenters. The number of pyridine rings is 1. The fraction of sp³-hybridized carbons (Fsp3) is 0.696. The number of aliphatic hydroxyl groups is 1. The van der Waals surface area contributed by atoms with E-state index in [1.807, 2.05) is 24.4 Å². The van der Waals surface area contributed by atoms with E-state index in [0.717, 1.165) is 180 Å². The van der Waals surface area contributed by atoms with Crippen LogP contribution in [-0.4, -0.2) is 169 Å². The monoisotopic (exact) mass is 1180 g/mol. The fourth-order valence-electron chi connectivity index (χ4n) is 15.1. The van der Waals surface area contributed by atoms with Crippen molar-refractivity contribution in [2.75, 3.05) is 88.3 Å². The molecule has 3 N–H and O–H groups in total. The molecular weight excluding hydrogens is 1080 g/mol. The minimum atomic E-state index is -4.37. The molecule has 6 heterocycles. The van der Waals surface area contributed by atoms with Crippen LogP contribution in [0.1, 0.15) is 168 Å². The average molecular weight is 1180 g/mol. The number of halogens is 3. The Hall–Kier alpha value is -4.57. The standard InChI is InChI=1S/C38H52F3N5.C31H54B2N6O/c1-6-7-15-37(4,5)24-33-31-22-29(43-16-9-8-10-17-43)13-14-34(31)46(26-38(39,40)41)36(33)32-23-30(25-42-35(32)27(2)3)45-20-18-44(19-21-45)28-11-12-28;1-7-36(26(6)39(31(32,33)40)25(5)28-14-15-28)20-27-16-19-37(21-27)30(29-12-8-9-13-29)23(3)35-22(2)24(4)38-18-11-10-17-34-38/h6,13-14,22-23,25,27-28H,1,7-12,15-21,24,26H2,2-5H3;22,25,27-30,34-35,40H,3-4,6-21H2,1-2,5H3. The number of likely N-dealkylation sites (tertiary alicyclic amines) is 1. The maximum Gasteiger partial charge on any atom is 0.406 e. The van der Waals surface area contributed by atoms with Gasteiger partial charge in [-0.05, 0) is 183 Å². The van der Waals surface area contributed by atoms with E-state index in [2.05, 4.69) is 127 Å². The van der Waals surface area contributed by atoms with E-state index in [1.54, 1.807) is 9.47 Å². The summed E-state index contributed by atoms with van der Waals surface area (Å²) in [4.78, 5) is 19.0. The van der Waals surface area contributed by atoms with Gasteiger partial charge in [0.05, 0.1) is 46.7 Å². The predicted molar refractivity (Wildman–Crippen MR) is 352 cm³/mol. The Bertz CT molecular complexity index is 2760. The highest BCUT2D eigenvalue weighted by atomic mass is 19.4. The first-order valence-corrected chi connectivity index (χ1v) is 33.4. The van der Waals surface area contributed by atoms with Crippen molar-refractivity contribution in [2.45, 2.75) is 206 Å². The molecule has 4 radical (unpaired) electrons. The van der Waals surface area contributed by atoms with Crippen LogP contribution in [0.4, 0.5) is 24.5 Å². The van der Waals surface area contributed by atoms with Crippen molar-refractivity contribution in [1.82, 2.24) is 44.9 Å². The Labute approximate surface area is 518 Å². The predicted octanol–water partition coefficient (Wildman–Crippen LogP) is 12.5. The smallest absolute Gasteiger partial charge is 0.390 e. The summed E-state index contributed by atoms with van der Waals surface area (Å²) in [5.41, 5.74) is 9.81. The molecule has 3 saturated carbocycles. The number of nitrogens with one attached hydrogen (secondary N) is 2. The largest absolute Gasteiger partial charge is 0.406 e. The van der Waals surface area contributed by atoms with E-state index < -0.39 is 18.2 Å². The van der Waals surface area contributed by atoms with Gasteiger partial charge in [0.2, 0.25) is 0 Å². The third-order valence-corrected chi connectivity index (χ3v) is 20.2. The van der Waals surface area contributed by atoms with Crippen LogP contribution in [0.5, 0.6) is 0 Å². The zero-order valence-corrected chi connectivity index (χ0v) is 53.9. The van der Waals surface area contributed by atoms with E-state index in [4.69, 9.17) is 20.7 Å². The van der Waals surface area contributed by atoms with Gasteiger partial charge in [-0.2, -0.15) is 13.2 Å². The van der Waals surface area contributed by atoms with E-state index in [9.17, 15) is 18.3 Å². The van der Waals surface area contributed by atoms with Crippen LogP contribution in [0.15, 0.2) is 80.1 Å². The van der Waals surface area contributed by atoms with Crippen LogP contribution in [0.25, 0.3) is 22.2 Å². The number of benzene rings is 1. The summed E-state index contributed by atoms with van der Waals surface area (Å²) in [5.74, 6) is 2.43. The number of piperazine rings is 1. The van der Waals surface area contributed by atoms with E-state index in [-0.39, 0.29) is 23.4 Å². The van der Waals surface area contributed by atoms with Gasteiger partial charge >= 0.3 is 6.18 Å². The SMILES string of the molecule is C=CCCC(C)(C)Cc1c(-c2cc(N3CCN(C4CC4)CC3)cnc2C(C)C)n(CC(F)(F)F)c2ccc(N3CCCCC3)cc12.[B]C([B])(O)N(C(=C)N(CC)CC1CCN(C(C(=C)NC(C)C(=C)N2CCCCN2)C2CCCC2)C1)C(C)C1CC1. The van der Waals surface area contributed by atoms with Gasteiger partial charge in [0.25, 0.3) is 0 Å². The van der Waals surface area contributed by atoms with Crippen LogP contribution in [0.2, 0.25) is 0 Å². The molecule has 0 bridgehead atoms. The molecule has 3 aliphatic carbocycles. The van der Waals surface area contributed by atoms with Crippen LogP contribution in [0.3, 0.4) is 0 Å².